The van der Waals surface area contributed by atoms with Crippen molar-refractivity contribution >= 4 is 28.6 Å². The van der Waals surface area contributed by atoms with Crippen LogP contribution < -0.4 is 4.74 Å². The van der Waals surface area contributed by atoms with Crippen molar-refractivity contribution in [3.8, 4) is 11.5 Å². The molecule has 1 saturated heterocycles. The lowest BCUT2D eigenvalue weighted by molar-refractivity contribution is -0.152. The zero-order valence-corrected chi connectivity index (χ0v) is 25.0. The van der Waals surface area contributed by atoms with Crippen LogP contribution in [0.3, 0.4) is 0 Å². The molecule has 4 heterocycles. The van der Waals surface area contributed by atoms with Gasteiger partial charge < -0.3 is 19.5 Å². The second-order valence-electron chi connectivity index (χ2n) is 13.0. The minimum Gasteiger partial charge on any atom is -0.508 e. The quantitative estimate of drug-likeness (QED) is 0.368. The summed E-state index contributed by atoms with van der Waals surface area (Å²) in [5.41, 5.74) is 1.00. The van der Waals surface area contributed by atoms with Crippen molar-refractivity contribution in [1.82, 2.24) is 9.88 Å². The average molecular weight is 575 g/mol. The zero-order valence-electron chi connectivity index (χ0n) is 25.0. The first kappa shape index (κ1) is 28.7. The van der Waals surface area contributed by atoms with Gasteiger partial charge in [0.2, 0.25) is 5.91 Å². The van der Waals surface area contributed by atoms with Crippen molar-refractivity contribution in [2.75, 3.05) is 13.2 Å². The highest BCUT2D eigenvalue weighted by Crippen LogP contribution is 2.58. The molecule has 8 nitrogen and oxygen atoms in total. The predicted octanol–water partition coefficient (Wildman–Crippen LogP) is 5.60. The van der Waals surface area contributed by atoms with Gasteiger partial charge in [0.15, 0.2) is 5.78 Å². The first-order valence-corrected chi connectivity index (χ1v) is 15.6. The van der Waals surface area contributed by atoms with Gasteiger partial charge in [-0.1, -0.05) is 31.9 Å². The predicted molar refractivity (Wildman–Crippen MR) is 158 cm³/mol. The molecule has 0 bridgehead atoms. The molecule has 1 aliphatic carbocycles. The Balaban J connectivity index is 1.33. The number of hydrogen-bond acceptors (Lipinski definition) is 7. The van der Waals surface area contributed by atoms with Gasteiger partial charge in [-0.2, -0.15) is 0 Å². The summed E-state index contributed by atoms with van der Waals surface area (Å²) in [6, 6.07) is 4.52. The number of ketones is 1. The number of aromatic nitrogens is 1. The highest BCUT2D eigenvalue weighted by Gasteiger charge is 2.62. The lowest BCUT2D eigenvalue weighted by atomic mass is 9.85. The summed E-state index contributed by atoms with van der Waals surface area (Å²) in [6.45, 7) is 6.28. The molecule has 0 radical (unpaired) electrons. The molecule has 1 saturated carbocycles. The monoisotopic (exact) mass is 574 g/mol. The highest BCUT2D eigenvalue weighted by molar-refractivity contribution is 5.95. The number of phenols is 1. The van der Waals surface area contributed by atoms with Crippen LogP contribution in [0, 0.1) is 24.2 Å². The van der Waals surface area contributed by atoms with Crippen LogP contribution in [0.15, 0.2) is 30.4 Å². The maximum Gasteiger partial charge on any atom is 0.313 e. The fourth-order valence-electron chi connectivity index (χ4n) is 7.52. The van der Waals surface area contributed by atoms with Gasteiger partial charge in [-0.15, -0.1) is 0 Å². The number of aromatic hydroxyl groups is 1. The molecule has 4 aliphatic rings. The normalized spacial score (nSPS) is 32.3. The number of fused-ring (bicyclic) bond motifs is 5. The molecule has 1 N–H and O–H groups in total. The molecule has 42 heavy (non-hydrogen) atoms. The van der Waals surface area contributed by atoms with Crippen LogP contribution in [0.4, 0.5) is 0 Å². The van der Waals surface area contributed by atoms with Gasteiger partial charge in [-0.25, -0.2) is 4.98 Å². The number of aryl methyl sites for hydroxylation is 2. The lowest BCUT2D eigenvalue weighted by Crippen LogP contribution is -2.46. The molecule has 1 aromatic heterocycles. The summed E-state index contributed by atoms with van der Waals surface area (Å²) in [6.07, 6.45) is 11.4. The summed E-state index contributed by atoms with van der Waals surface area (Å²) < 4.78 is 12.3. The number of carbonyl (C=O) groups is 3. The van der Waals surface area contributed by atoms with E-state index in [0.717, 1.165) is 54.3 Å². The van der Waals surface area contributed by atoms with E-state index in [0.29, 0.717) is 38.0 Å². The van der Waals surface area contributed by atoms with Crippen molar-refractivity contribution in [2.24, 2.45) is 17.3 Å². The van der Waals surface area contributed by atoms with Crippen molar-refractivity contribution < 1.29 is 29.0 Å². The number of Topliss-reactive ketones (excluding diaryl/α,β-unsaturated/α-hetero) is 1. The number of benzene rings is 1. The molecule has 6 rings (SSSR count). The summed E-state index contributed by atoms with van der Waals surface area (Å²) in [5.74, 6) is 0.246. The van der Waals surface area contributed by atoms with Crippen LogP contribution in [0.1, 0.15) is 82.9 Å². The van der Waals surface area contributed by atoms with Crippen LogP contribution >= 0.6 is 0 Å². The fourth-order valence-corrected chi connectivity index (χ4v) is 7.52. The second-order valence-corrected chi connectivity index (χ2v) is 13.0. The number of rotatable bonds is 2. The molecule has 1 spiro atoms. The summed E-state index contributed by atoms with van der Waals surface area (Å²) in [7, 11) is 0. The number of carbonyl (C=O) groups excluding carboxylic acids is 3. The lowest BCUT2D eigenvalue weighted by Gasteiger charge is -2.36. The standard InChI is InChI=1S/C34H42N2O6/c1-4-41-32(40)34-17-23(34)11-9-7-5-6-8-10-21(2)31(39)36-20-33(18-28(36)29(38)19-34)15-14-25-26-16-24(37)12-13-27(26)35-22(3)30(25)42-33/h9,11-13,16,21,23,28,37H,4-8,10,14-15,17-20H2,1-3H3/b11-9-/t21-,23+,28-,33+,34+/m0/s1. The number of pyridine rings is 1. The Kier molecular flexibility index (Phi) is 7.52. The van der Waals surface area contributed by atoms with Gasteiger partial charge in [0.25, 0.3) is 0 Å². The van der Waals surface area contributed by atoms with Gasteiger partial charge in [-0.05, 0) is 76.5 Å². The van der Waals surface area contributed by atoms with Crippen molar-refractivity contribution in [3.05, 3.63) is 41.6 Å². The number of amides is 1. The van der Waals surface area contributed by atoms with Crippen molar-refractivity contribution in [1.29, 1.82) is 0 Å². The maximum absolute atomic E-state index is 14.2. The molecule has 2 aromatic rings. The molecule has 1 aromatic carbocycles. The van der Waals surface area contributed by atoms with Crippen LogP contribution in [-0.2, 0) is 25.5 Å². The second kappa shape index (κ2) is 11.0. The van der Waals surface area contributed by atoms with E-state index in [2.05, 4.69) is 12.2 Å². The van der Waals surface area contributed by atoms with Gasteiger partial charge >= 0.3 is 5.97 Å². The van der Waals surface area contributed by atoms with Crippen LogP contribution in [0.25, 0.3) is 10.9 Å². The average Bonchev–Trinajstić information content (AvgIpc) is 3.54. The Morgan fingerprint density at radius 1 is 1.21 bits per heavy atom. The van der Waals surface area contributed by atoms with Gasteiger partial charge in [0, 0.05) is 29.7 Å². The zero-order chi connectivity index (χ0) is 29.6. The SMILES string of the molecule is CCOC(=O)[C@]12CC(=O)[C@@H]3C[C@]4(CCc5c(c(C)nc6ccc(O)cc56)O4)CN3C(=O)[C@@H](C)CCCCC/C=C\[C@@H]1C2. The van der Waals surface area contributed by atoms with E-state index >= 15 is 0 Å². The van der Waals surface area contributed by atoms with Crippen LogP contribution in [0.5, 0.6) is 11.5 Å². The number of allylic oxidation sites excluding steroid dienone is 2. The Morgan fingerprint density at radius 2 is 2.05 bits per heavy atom. The number of ether oxygens (including phenoxy) is 2. The minimum absolute atomic E-state index is 0.0107. The summed E-state index contributed by atoms with van der Waals surface area (Å²) >= 11 is 0. The van der Waals surface area contributed by atoms with Crippen LogP contribution in [-0.4, -0.2) is 57.4 Å². The number of nitrogens with zero attached hydrogens (tertiary/aromatic N) is 2. The Hall–Kier alpha value is -3.42. The van der Waals surface area contributed by atoms with E-state index in [9.17, 15) is 19.5 Å². The van der Waals surface area contributed by atoms with E-state index in [4.69, 9.17) is 14.5 Å². The minimum atomic E-state index is -0.846. The van der Waals surface area contributed by atoms with E-state index < -0.39 is 17.1 Å². The molecule has 2 fully saturated rings. The summed E-state index contributed by atoms with van der Waals surface area (Å²) in [5, 5.41) is 11.0. The highest BCUT2D eigenvalue weighted by atomic mass is 16.5. The first-order valence-electron chi connectivity index (χ1n) is 15.6. The van der Waals surface area contributed by atoms with Gasteiger partial charge in [0.05, 0.1) is 35.8 Å². The number of hydrogen-bond donors (Lipinski definition) is 1. The number of esters is 1. The fraction of sp³-hybridized carbons (Fsp3) is 0.588. The molecule has 5 atom stereocenters. The molecular formula is C34H42N2O6. The molecule has 8 heteroatoms. The first-order chi connectivity index (χ1) is 20.2. The van der Waals surface area contributed by atoms with Gasteiger partial charge in [0.1, 0.15) is 17.1 Å². The number of phenolic OH excluding ortho intramolecular Hbond substituents is 1. The van der Waals surface area contributed by atoms with E-state index in [-0.39, 0.29) is 48.3 Å². The summed E-state index contributed by atoms with van der Waals surface area (Å²) in [4.78, 5) is 47.8. The van der Waals surface area contributed by atoms with Crippen molar-refractivity contribution in [2.45, 2.75) is 96.6 Å². The molecule has 3 aliphatic heterocycles. The van der Waals surface area contributed by atoms with E-state index in [1.807, 2.05) is 19.9 Å². The smallest absolute Gasteiger partial charge is 0.313 e. The Morgan fingerprint density at radius 3 is 2.86 bits per heavy atom. The van der Waals surface area contributed by atoms with E-state index in [1.165, 1.54) is 0 Å². The molecule has 1 amide bonds. The van der Waals surface area contributed by atoms with E-state index in [1.54, 1.807) is 24.0 Å². The Bertz CT molecular complexity index is 1450. The van der Waals surface area contributed by atoms with Gasteiger partial charge in [-0.3, -0.25) is 14.4 Å². The van der Waals surface area contributed by atoms with Crippen molar-refractivity contribution in [3.63, 3.8) is 0 Å². The third-order valence-corrected chi connectivity index (χ3v) is 10.0. The molecule has 0 unspecified atom stereocenters. The largest absolute Gasteiger partial charge is 0.508 e. The van der Waals surface area contributed by atoms with Crippen LogP contribution in [0.2, 0.25) is 0 Å². The topological polar surface area (TPSA) is 106 Å². The maximum atomic E-state index is 14.2. The molecule has 224 valence electrons. The Labute approximate surface area is 247 Å². The molecular weight excluding hydrogens is 532 g/mol. The third-order valence-electron chi connectivity index (χ3n) is 10.0. The third kappa shape index (κ3) is 5.07.